The Morgan fingerprint density at radius 3 is 1.87 bits per heavy atom. The molecule has 0 aromatic heterocycles. The molecular formula is C25H28O4Se2. The van der Waals surface area contributed by atoms with E-state index in [9.17, 15) is 14.4 Å². The zero-order chi connectivity index (χ0) is 22.4. The van der Waals surface area contributed by atoms with Crippen molar-refractivity contribution >= 4 is 56.4 Å². The number of ether oxygens (including phenoxy) is 1. The van der Waals surface area contributed by atoms with Crippen molar-refractivity contribution in [2.24, 2.45) is 17.3 Å². The molecule has 0 N–H and O–H groups in total. The summed E-state index contributed by atoms with van der Waals surface area (Å²) in [4.78, 5) is 38.8. The number of carbonyl (C=O) groups excluding carboxylic acids is 3. The SMILES string of the molecule is CCOC(=O)[C@]1(C([Se]c2ccccc2)[Se]c2ccccc2)C[C@H](C(C)=O)C[C@H]1C(C)=O. The molecule has 0 aliphatic heterocycles. The number of carbonyl (C=O) groups is 3. The monoisotopic (exact) mass is 552 g/mol. The normalized spacial score (nSPS) is 23.0. The second-order valence-corrected chi connectivity index (χ2v) is 14.3. The van der Waals surface area contributed by atoms with E-state index in [4.69, 9.17) is 4.74 Å². The molecule has 0 unspecified atom stereocenters. The first-order valence-corrected chi connectivity index (χ1v) is 14.2. The molecule has 0 spiro atoms. The van der Waals surface area contributed by atoms with Crippen molar-refractivity contribution in [1.82, 2.24) is 0 Å². The number of hydrogen-bond acceptors (Lipinski definition) is 4. The minimum atomic E-state index is -0.955. The van der Waals surface area contributed by atoms with Crippen LogP contribution in [0.5, 0.6) is 0 Å². The molecule has 0 bridgehead atoms. The van der Waals surface area contributed by atoms with Crippen LogP contribution < -0.4 is 8.92 Å². The standard InChI is InChI=1S/C25H28O4Se2/c1-4-29-23(28)25(16-19(17(2)26)15-22(25)18(3)27)24(30-20-11-7-5-8-12-20)31-21-13-9-6-10-14-21/h5-14,19,22,24H,4,15-16H2,1-3H3/t19-,22+,25+/m1/s1. The molecule has 1 aliphatic carbocycles. The topological polar surface area (TPSA) is 60.4 Å². The summed E-state index contributed by atoms with van der Waals surface area (Å²) in [5.74, 6) is -1.04. The maximum absolute atomic E-state index is 13.6. The molecule has 2 aromatic carbocycles. The van der Waals surface area contributed by atoms with E-state index < -0.39 is 11.3 Å². The number of hydrogen-bond donors (Lipinski definition) is 0. The Balaban J connectivity index is 2.12. The van der Waals surface area contributed by atoms with E-state index in [1.54, 1.807) is 20.8 Å². The minimum absolute atomic E-state index is 0.0190. The Morgan fingerprint density at radius 1 is 0.935 bits per heavy atom. The van der Waals surface area contributed by atoms with E-state index in [2.05, 4.69) is 24.3 Å². The van der Waals surface area contributed by atoms with Crippen LogP contribution in [0.1, 0.15) is 33.6 Å². The van der Waals surface area contributed by atoms with Crippen LogP contribution >= 0.6 is 0 Å². The van der Waals surface area contributed by atoms with Gasteiger partial charge >= 0.3 is 197 Å². The van der Waals surface area contributed by atoms with Gasteiger partial charge in [-0.15, -0.1) is 0 Å². The van der Waals surface area contributed by atoms with Crippen molar-refractivity contribution in [3.8, 4) is 0 Å². The molecule has 2 aromatic rings. The summed E-state index contributed by atoms with van der Waals surface area (Å²) in [5.41, 5.74) is -0.955. The number of ketones is 2. The average Bonchev–Trinajstić information content (AvgIpc) is 3.18. The zero-order valence-corrected chi connectivity index (χ0v) is 21.5. The van der Waals surface area contributed by atoms with Gasteiger partial charge < -0.3 is 0 Å². The van der Waals surface area contributed by atoms with Crippen molar-refractivity contribution in [1.29, 1.82) is 0 Å². The van der Waals surface area contributed by atoms with E-state index in [0.717, 1.165) is 0 Å². The summed E-state index contributed by atoms with van der Waals surface area (Å²) < 4.78 is 7.96. The molecule has 3 atom stereocenters. The van der Waals surface area contributed by atoms with Gasteiger partial charge in [-0.3, -0.25) is 0 Å². The van der Waals surface area contributed by atoms with Crippen LogP contribution in [-0.4, -0.2) is 54.1 Å². The summed E-state index contributed by atoms with van der Waals surface area (Å²) in [6.45, 7) is 5.19. The Kier molecular flexibility index (Phi) is 8.29. The Hall–Kier alpha value is -1.71. The second-order valence-electron chi connectivity index (χ2n) is 7.87. The molecule has 0 radical (unpaired) electrons. The van der Waals surface area contributed by atoms with Gasteiger partial charge in [0.25, 0.3) is 0 Å². The summed E-state index contributed by atoms with van der Waals surface area (Å²) in [6.07, 6.45) is 0.842. The van der Waals surface area contributed by atoms with Crippen LogP contribution in [0.3, 0.4) is 0 Å². The average molecular weight is 550 g/mol. The van der Waals surface area contributed by atoms with Crippen molar-refractivity contribution in [2.45, 2.75) is 37.3 Å². The molecule has 0 amide bonds. The van der Waals surface area contributed by atoms with Crippen LogP contribution in [0.15, 0.2) is 60.7 Å². The molecular weight excluding hydrogens is 522 g/mol. The van der Waals surface area contributed by atoms with Crippen LogP contribution in [0.2, 0.25) is 3.71 Å². The Bertz CT molecular complexity index is 874. The van der Waals surface area contributed by atoms with Gasteiger partial charge in [-0.25, -0.2) is 0 Å². The van der Waals surface area contributed by atoms with Crippen LogP contribution in [0.4, 0.5) is 0 Å². The van der Waals surface area contributed by atoms with Crippen molar-refractivity contribution in [3.05, 3.63) is 60.7 Å². The van der Waals surface area contributed by atoms with Gasteiger partial charge in [0.1, 0.15) is 0 Å². The van der Waals surface area contributed by atoms with Gasteiger partial charge in [0, 0.05) is 0 Å². The molecule has 164 valence electrons. The van der Waals surface area contributed by atoms with Gasteiger partial charge in [0.05, 0.1) is 0 Å². The van der Waals surface area contributed by atoms with E-state index in [1.807, 2.05) is 36.4 Å². The van der Waals surface area contributed by atoms with Crippen molar-refractivity contribution in [3.63, 3.8) is 0 Å². The van der Waals surface area contributed by atoms with Crippen LogP contribution in [0.25, 0.3) is 0 Å². The van der Waals surface area contributed by atoms with Crippen LogP contribution in [0, 0.1) is 17.3 Å². The van der Waals surface area contributed by atoms with Gasteiger partial charge in [-0.1, -0.05) is 0 Å². The van der Waals surface area contributed by atoms with Gasteiger partial charge in [-0.2, -0.15) is 0 Å². The summed E-state index contributed by atoms with van der Waals surface area (Å²) in [7, 11) is 0. The summed E-state index contributed by atoms with van der Waals surface area (Å²) in [6, 6.07) is 20.4. The molecule has 1 aliphatic rings. The molecule has 3 rings (SSSR count). The number of esters is 1. The first kappa shape index (κ1) is 23.9. The van der Waals surface area contributed by atoms with E-state index in [1.165, 1.54) is 8.92 Å². The summed E-state index contributed by atoms with van der Waals surface area (Å²) >= 11 is -0.105. The predicted molar refractivity (Wildman–Crippen MR) is 124 cm³/mol. The molecule has 4 nitrogen and oxygen atoms in total. The Morgan fingerprint density at radius 2 is 1.45 bits per heavy atom. The number of benzene rings is 2. The molecule has 1 fully saturated rings. The third-order valence-electron chi connectivity index (χ3n) is 5.84. The fraction of sp³-hybridized carbons (Fsp3) is 0.400. The fourth-order valence-corrected chi connectivity index (χ4v) is 12.1. The van der Waals surface area contributed by atoms with E-state index >= 15 is 0 Å². The number of Topliss-reactive ketones (excluding diaryl/α,β-unsaturated/α-hetero) is 2. The fourth-order valence-electron chi connectivity index (χ4n) is 4.29. The molecule has 0 heterocycles. The van der Waals surface area contributed by atoms with Crippen molar-refractivity contribution < 1.29 is 19.1 Å². The Labute approximate surface area is 196 Å². The molecule has 0 saturated heterocycles. The maximum atomic E-state index is 13.6. The number of rotatable bonds is 9. The van der Waals surface area contributed by atoms with Gasteiger partial charge in [-0.05, 0) is 0 Å². The summed E-state index contributed by atoms with van der Waals surface area (Å²) in [5, 5.41) is 0. The zero-order valence-electron chi connectivity index (χ0n) is 18.1. The molecule has 6 heteroatoms. The third-order valence-corrected chi connectivity index (χ3v) is 12.9. The van der Waals surface area contributed by atoms with Gasteiger partial charge in [0.2, 0.25) is 0 Å². The predicted octanol–water partition coefficient (Wildman–Crippen LogP) is 2.55. The van der Waals surface area contributed by atoms with Crippen molar-refractivity contribution in [2.75, 3.05) is 6.61 Å². The molecule has 31 heavy (non-hydrogen) atoms. The quantitative estimate of drug-likeness (QED) is 0.356. The third kappa shape index (κ3) is 5.38. The molecule has 1 saturated carbocycles. The second kappa shape index (κ2) is 10.7. The first-order chi connectivity index (χ1) is 14.9. The first-order valence-electron chi connectivity index (χ1n) is 10.5. The van der Waals surface area contributed by atoms with E-state index in [-0.39, 0.29) is 63.7 Å². The van der Waals surface area contributed by atoms with Crippen LogP contribution in [-0.2, 0) is 19.1 Å². The van der Waals surface area contributed by atoms with Gasteiger partial charge in [0.15, 0.2) is 0 Å². The van der Waals surface area contributed by atoms with E-state index in [0.29, 0.717) is 12.8 Å².